The van der Waals surface area contributed by atoms with Gasteiger partial charge >= 0.3 is 5.97 Å². The fourth-order valence-corrected chi connectivity index (χ4v) is 3.72. The van der Waals surface area contributed by atoms with Crippen molar-refractivity contribution in [3.8, 4) is 5.75 Å². The van der Waals surface area contributed by atoms with Crippen LogP contribution < -0.4 is 4.74 Å². The first-order valence-corrected chi connectivity index (χ1v) is 8.85. The van der Waals surface area contributed by atoms with Crippen LogP contribution >= 0.6 is 0 Å². The van der Waals surface area contributed by atoms with Crippen LogP contribution in [-0.4, -0.2) is 39.6 Å². The number of nitrogens with one attached hydrogen (secondary N) is 1. The molecular formula is C21H21N3O3. The second kappa shape index (κ2) is 7.25. The SMILES string of the molecule is COc1ccc(C2CN(Cc3ccccc3C(=O)O)Cc3[nH]cnc32)cc1. The van der Waals surface area contributed by atoms with Gasteiger partial charge in [0.1, 0.15) is 5.75 Å². The minimum atomic E-state index is -0.892. The number of H-pyrrole nitrogens is 1. The Balaban J connectivity index is 1.62. The maximum absolute atomic E-state index is 11.5. The van der Waals surface area contributed by atoms with Crippen molar-refractivity contribution in [1.29, 1.82) is 0 Å². The van der Waals surface area contributed by atoms with Crippen LogP contribution in [0.25, 0.3) is 0 Å². The normalized spacial score (nSPS) is 16.7. The highest BCUT2D eigenvalue weighted by Crippen LogP contribution is 2.33. The lowest BCUT2D eigenvalue weighted by molar-refractivity contribution is 0.0694. The zero-order valence-electron chi connectivity index (χ0n) is 15.1. The Morgan fingerprint density at radius 1 is 1.26 bits per heavy atom. The Morgan fingerprint density at radius 3 is 2.78 bits per heavy atom. The van der Waals surface area contributed by atoms with E-state index in [-0.39, 0.29) is 5.92 Å². The molecule has 6 nitrogen and oxygen atoms in total. The molecule has 6 heteroatoms. The number of carboxylic acid groups (broad SMARTS) is 1. The van der Waals surface area contributed by atoms with Crippen LogP contribution in [-0.2, 0) is 13.1 Å². The van der Waals surface area contributed by atoms with Gasteiger partial charge in [-0.3, -0.25) is 4.90 Å². The van der Waals surface area contributed by atoms with E-state index in [1.807, 2.05) is 24.3 Å². The van der Waals surface area contributed by atoms with Gasteiger partial charge in [0, 0.05) is 25.6 Å². The van der Waals surface area contributed by atoms with E-state index >= 15 is 0 Å². The van der Waals surface area contributed by atoms with E-state index in [0.29, 0.717) is 12.1 Å². The number of methoxy groups -OCH3 is 1. The molecule has 1 unspecified atom stereocenters. The Morgan fingerprint density at radius 2 is 2.04 bits per heavy atom. The van der Waals surface area contributed by atoms with Gasteiger partial charge in [-0.1, -0.05) is 30.3 Å². The lowest BCUT2D eigenvalue weighted by atomic mass is 9.90. The van der Waals surface area contributed by atoms with Crippen LogP contribution in [0.3, 0.4) is 0 Å². The monoisotopic (exact) mass is 363 g/mol. The second-order valence-corrected chi connectivity index (χ2v) is 6.72. The van der Waals surface area contributed by atoms with E-state index in [1.54, 1.807) is 25.6 Å². The highest BCUT2D eigenvalue weighted by atomic mass is 16.5. The largest absolute Gasteiger partial charge is 0.497 e. The summed E-state index contributed by atoms with van der Waals surface area (Å²) in [5.41, 5.74) is 4.48. The van der Waals surface area contributed by atoms with Gasteiger partial charge in [-0.05, 0) is 29.3 Å². The summed E-state index contributed by atoms with van der Waals surface area (Å²) >= 11 is 0. The number of imidazole rings is 1. The van der Waals surface area contributed by atoms with Gasteiger partial charge in [0.2, 0.25) is 0 Å². The van der Waals surface area contributed by atoms with Crippen LogP contribution in [0.4, 0.5) is 0 Å². The Hall–Kier alpha value is -3.12. The van der Waals surface area contributed by atoms with Crippen molar-refractivity contribution >= 4 is 5.97 Å². The van der Waals surface area contributed by atoms with Crippen molar-refractivity contribution in [2.45, 2.75) is 19.0 Å². The first kappa shape index (κ1) is 17.3. The molecule has 1 aromatic heterocycles. The lowest BCUT2D eigenvalue weighted by Crippen LogP contribution is -2.34. The maximum atomic E-state index is 11.5. The number of aromatic amines is 1. The molecule has 2 N–H and O–H groups in total. The molecule has 0 saturated carbocycles. The number of nitrogens with zero attached hydrogens (tertiary/aromatic N) is 2. The summed E-state index contributed by atoms with van der Waals surface area (Å²) in [4.78, 5) is 21.6. The number of rotatable bonds is 5. The third-order valence-electron chi connectivity index (χ3n) is 5.06. The van der Waals surface area contributed by atoms with Gasteiger partial charge < -0.3 is 14.8 Å². The van der Waals surface area contributed by atoms with Gasteiger partial charge in [-0.25, -0.2) is 9.78 Å². The van der Waals surface area contributed by atoms with Crippen molar-refractivity contribution in [3.63, 3.8) is 0 Å². The molecule has 1 aliphatic rings. The molecule has 2 aromatic carbocycles. The Bertz CT molecular complexity index is 949. The van der Waals surface area contributed by atoms with E-state index in [4.69, 9.17) is 4.74 Å². The number of aromatic nitrogens is 2. The van der Waals surface area contributed by atoms with Gasteiger partial charge in [-0.2, -0.15) is 0 Å². The van der Waals surface area contributed by atoms with E-state index in [9.17, 15) is 9.90 Å². The number of carboxylic acids is 1. The Labute approximate surface area is 157 Å². The molecular weight excluding hydrogens is 342 g/mol. The van der Waals surface area contributed by atoms with E-state index in [2.05, 4.69) is 27.0 Å². The molecule has 4 rings (SSSR count). The molecule has 0 fully saturated rings. The summed E-state index contributed by atoms with van der Waals surface area (Å²) in [5.74, 6) is 0.0588. The number of hydrogen-bond donors (Lipinski definition) is 2. The number of aromatic carboxylic acids is 1. The minimum absolute atomic E-state index is 0.128. The fourth-order valence-electron chi connectivity index (χ4n) is 3.72. The average Bonchev–Trinajstić information content (AvgIpc) is 3.16. The lowest BCUT2D eigenvalue weighted by Gasteiger charge is -2.32. The number of hydrogen-bond acceptors (Lipinski definition) is 4. The smallest absolute Gasteiger partial charge is 0.336 e. The number of ether oxygens (including phenoxy) is 1. The number of carbonyl (C=O) groups is 1. The van der Waals surface area contributed by atoms with E-state index in [0.717, 1.165) is 35.8 Å². The van der Waals surface area contributed by atoms with E-state index in [1.165, 1.54) is 5.56 Å². The molecule has 1 atom stereocenters. The standard InChI is InChI=1S/C21H21N3O3/c1-27-16-8-6-14(7-9-16)18-11-24(12-19-20(18)23-13-22-19)10-15-4-2-3-5-17(15)21(25)26/h2-9,13,18H,10-12H2,1H3,(H,22,23)(H,25,26). The van der Waals surface area contributed by atoms with Gasteiger partial charge in [0.15, 0.2) is 0 Å². The zero-order valence-corrected chi connectivity index (χ0v) is 15.1. The highest BCUT2D eigenvalue weighted by Gasteiger charge is 2.29. The maximum Gasteiger partial charge on any atom is 0.336 e. The summed E-state index contributed by atoms with van der Waals surface area (Å²) < 4.78 is 5.26. The second-order valence-electron chi connectivity index (χ2n) is 6.72. The molecule has 27 heavy (non-hydrogen) atoms. The molecule has 0 spiro atoms. The molecule has 0 aliphatic carbocycles. The molecule has 1 aliphatic heterocycles. The van der Waals surface area contributed by atoms with Crippen molar-refractivity contribution in [1.82, 2.24) is 14.9 Å². The van der Waals surface area contributed by atoms with Crippen molar-refractivity contribution in [3.05, 3.63) is 82.9 Å². The summed E-state index contributed by atoms with van der Waals surface area (Å²) in [6.45, 7) is 2.07. The van der Waals surface area contributed by atoms with Gasteiger partial charge in [0.05, 0.1) is 30.4 Å². The van der Waals surface area contributed by atoms with Gasteiger partial charge in [-0.15, -0.1) is 0 Å². The predicted octanol–water partition coefficient (Wildman–Crippen LogP) is 3.26. The molecule has 0 bridgehead atoms. The van der Waals surface area contributed by atoms with E-state index < -0.39 is 5.97 Å². The van der Waals surface area contributed by atoms with Crippen molar-refractivity contribution in [2.24, 2.45) is 0 Å². The van der Waals surface area contributed by atoms with Crippen LogP contribution in [0.1, 0.15) is 38.8 Å². The minimum Gasteiger partial charge on any atom is -0.497 e. The molecule has 0 radical (unpaired) electrons. The topological polar surface area (TPSA) is 78.5 Å². The third kappa shape index (κ3) is 3.44. The first-order chi connectivity index (χ1) is 13.2. The van der Waals surface area contributed by atoms with Crippen molar-refractivity contribution in [2.75, 3.05) is 13.7 Å². The molecule has 0 saturated heterocycles. The predicted molar refractivity (Wildman–Crippen MR) is 101 cm³/mol. The third-order valence-corrected chi connectivity index (χ3v) is 5.06. The number of fused-ring (bicyclic) bond motifs is 1. The fraction of sp³-hybridized carbons (Fsp3) is 0.238. The van der Waals surface area contributed by atoms with Gasteiger partial charge in [0.25, 0.3) is 0 Å². The zero-order chi connectivity index (χ0) is 18.8. The average molecular weight is 363 g/mol. The van der Waals surface area contributed by atoms with Crippen molar-refractivity contribution < 1.29 is 14.6 Å². The molecule has 0 amide bonds. The van der Waals surface area contributed by atoms with Crippen LogP contribution in [0.2, 0.25) is 0 Å². The highest BCUT2D eigenvalue weighted by molar-refractivity contribution is 5.89. The summed E-state index contributed by atoms with van der Waals surface area (Å²) in [7, 11) is 1.66. The summed E-state index contributed by atoms with van der Waals surface area (Å²) in [6, 6.07) is 15.2. The van der Waals surface area contributed by atoms with Crippen LogP contribution in [0, 0.1) is 0 Å². The molecule has 3 aromatic rings. The quantitative estimate of drug-likeness (QED) is 0.727. The number of benzene rings is 2. The first-order valence-electron chi connectivity index (χ1n) is 8.85. The summed E-state index contributed by atoms with van der Waals surface area (Å²) in [6.07, 6.45) is 1.73. The molecule has 2 heterocycles. The van der Waals surface area contributed by atoms with Crippen LogP contribution in [0.5, 0.6) is 5.75 Å². The molecule has 138 valence electrons. The Kier molecular flexibility index (Phi) is 4.64. The summed E-state index contributed by atoms with van der Waals surface area (Å²) in [5, 5.41) is 9.45. The van der Waals surface area contributed by atoms with Crippen LogP contribution in [0.15, 0.2) is 54.9 Å².